The number of rotatable bonds is 7. The van der Waals surface area contributed by atoms with Crippen molar-refractivity contribution in [1.29, 1.82) is 0 Å². The van der Waals surface area contributed by atoms with E-state index in [4.69, 9.17) is 0 Å². The molecule has 1 aromatic heterocycles. The van der Waals surface area contributed by atoms with Crippen molar-refractivity contribution in [2.24, 2.45) is 0 Å². The van der Waals surface area contributed by atoms with Gasteiger partial charge in [0.25, 0.3) is 0 Å². The average molecular weight is 383 g/mol. The summed E-state index contributed by atoms with van der Waals surface area (Å²) in [6, 6.07) is 7.91. The normalized spacial score (nSPS) is 12.3. The van der Waals surface area contributed by atoms with Gasteiger partial charge in [-0.2, -0.15) is 18.3 Å². The molecule has 7 nitrogen and oxygen atoms in total. The van der Waals surface area contributed by atoms with Crippen molar-refractivity contribution in [2.45, 2.75) is 32.0 Å². The molecule has 0 aliphatic carbocycles. The van der Waals surface area contributed by atoms with E-state index in [0.717, 1.165) is 6.20 Å². The van der Waals surface area contributed by atoms with Gasteiger partial charge in [-0.15, -0.1) is 0 Å². The molecule has 0 spiro atoms. The third kappa shape index (κ3) is 6.65. The number of nitrogens with one attached hydrogen (secondary N) is 4. The Labute approximate surface area is 153 Å². The lowest BCUT2D eigenvalue weighted by Gasteiger charge is -2.14. The van der Waals surface area contributed by atoms with Crippen molar-refractivity contribution in [3.05, 3.63) is 47.8 Å². The Morgan fingerprint density at radius 3 is 2.59 bits per heavy atom. The van der Waals surface area contributed by atoms with Crippen LogP contribution in [0.25, 0.3) is 0 Å². The SMILES string of the molecule is CC(CC(=O)NCCc1cn[nH]c1C(F)(F)F)NC(=O)Nc1ccccc1. The van der Waals surface area contributed by atoms with E-state index in [2.05, 4.69) is 21.0 Å². The van der Waals surface area contributed by atoms with Crippen LogP contribution < -0.4 is 16.0 Å². The Kier molecular flexibility index (Phi) is 6.80. The summed E-state index contributed by atoms with van der Waals surface area (Å²) in [7, 11) is 0. The number of aromatic nitrogens is 2. The molecule has 0 aliphatic heterocycles. The zero-order chi connectivity index (χ0) is 19.9. The highest BCUT2D eigenvalue weighted by Gasteiger charge is 2.35. The quantitative estimate of drug-likeness (QED) is 0.592. The standard InChI is InChI=1S/C17H20F3N5O2/c1-11(23-16(27)24-13-5-3-2-4-6-13)9-14(26)21-8-7-12-10-22-25-15(12)17(18,19)20/h2-6,10-11H,7-9H2,1H3,(H,21,26)(H,22,25)(H2,23,24,27). The van der Waals surface area contributed by atoms with E-state index in [0.29, 0.717) is 5.69 Å². The van der Waals surface area contributed by atoms with Gasteiger partial charge in [0, 0.05) is 30.3 Å². The lowest BCUT2D eigenvalue weighted by atomic mass is 10.1. The molecule has 3 amide bonds. The highest BCUT2D eigenvalue weighted by atomic mass is 19.4. The van der Waals surface area contributed by atoms with Gasteiger partial charge >= 0.3 is 12.2 Å². The maximum atomic E-state index is 12.7. The number of carbonyl (C=O) groups is 2. The number of halogens is 3. The van der Waals surface area contributed by atoms with Crippen LogP contribution in [0.5, 0.6) is 0 Å². The fraction of sp³-hybridized carbons (Fsp3) is 0.353. The van der Waals surface area contributed by atoms with Gasteiger partial charge in [-0.3, -0.25) is 9.89 Å². The van der Waals surface area contributed by atoms with E-state index in [1.165, 1.54) is 0 Å². The lowest BCUT2D eigenvalue weighted by molar-refractivity contribution is -0.141. The Morgan fingerprint density at radius 1 is 1.22 bits per heavy atom. The van der Waals surface area contributed by atoms with Gasteiger partial charge in [0.05, 0.1) is 6.20 Å². The number of carbonyl (C=O) groups excluding carboxylic acids is 2. The molecular weight excluding hydrogens is 363 g/mol. The molecule has 0 aliphatic rings. The second kappa shape index (κ2) is 9.06. The Bertz CT molecular complexity index is 761. The molecule has 0 bridgehead atoms. The summed E-state index contributed by atoms with van der Waals surface area (Å²) >= 11 is 0. The number of H-pyrrole nitrogens is 1. The number of benzene rings is 1. The molecule has 1 atom stereocenters. The molecule has 0 saturated carbocycles. The number of hydrogen-bond acceptors (Lipinski definition) is 3. The van der Waals surface area contributed by atoms with Crippen LogP contribution in [0.1, 0.15) is 24.6 Å². The summed E-state index contributed by atoms with van der Waals surface area (Å²) in [5.74, 6) is -0.375. The Morgan fingerprint density at radius 2 is 1.93 bits per heavy atom. The van der Waals surface area contributed by atoms with E-state index < -0.39 is 23.9 Å². The van der Waals surface area contributed by atoms with Gasteiger partial charge in [0.1, 0.15) is 5.69 Å². The first-order valence-corrected chi connectivity index (χ1v) is 8.24. The Balaban J connectivity index is 1.71. The van der Waals surface area contributed by atoms with E-state index in [9.17, 15) is 22.8 Å². The minimum atomic E-state index is -4.51. The number of amides is 3. The molecule has 4 N–H and O–H groups in total. The molecule has 1 heterocycles. The number of aromatic amines is 1. The van der Waals surface area contributed by atoms with Crippen molar-refractivity contribution in [3.63, 3.8) is 0 Å². The van der Waals surface area contributed by atoms with Gasteiger partial charge < -0.3 is 16.0 Å². The van der Waals surface area contributed by atoms with Gasteiger partial charge in [-0.05, 0) is 25.5 Å². The average Bonchev–Trinajstić information content (AvgIpc) is 3.04. The summed E-state index contributed by atoms with van der Waals surface area (Å²) < 4.78 is 38.1. The summed E-state index contributed by atoms with van der Waals surface area (Å²) in [6.07, 6.45) is -3.43. The summed E-state index contributed by atoms with van der Waals surface area (Å²) in [6.45, 7) is 1.69. The van der Waals surface area contributed by atoms with Gasteiger partial charge in [0.2, 0.25) is 5.91 Å². The topological polar surface area (TPSA) is 98.9 Å². The lowest BCUT2D eigenvalue weighted by Crippen LogP contribution is -2.39. The summed E-state index contributed by atoms with van der Waals surface area (Å²) in [5.41, 5.74) is -0.312. The number of hydrogen-bond donors (Lipinski definition) is 4. The van der Waals surface area contributed by atoms with Crippen LogP contribution in [-0.4, -0.2) is 34.7 Å². The number of nitrogens with zero attached hydrogens (tertiary/aromatic N) is 1. The molecule has 10 heteroatoms. The maximum absolute atomic E-state index is 12.7. The van der Waals surface area contributed by atoms with Gasteiger partial charge in [0.15, 0.2) is 0 Å². The maximum Gasteiger partial charge on any atom is 0.433 e. The van der Waals surface area contributed by atoms with Crippen molar-refractivity contribution >= 4 is 17.6 Å². The van der Waals surface area contributed by atoms with Crippen molar-refractivity contribution in [1.82, 2.24) is 20.8 Å². The van der Waals surface area contributed by atoms with E-state index in [-0.39, 0.29) is 30.9 Å². The molecule has 1 unspecified atom stereocenters. The van der Waals surface area contributed by atoms with Crippen LogP contribution in [0.15, 0.2) is 36.5 Å². The number of alkyl halides is 3. The van der Waals surface area contributed by atoms with E-state index >= 15 is 0 Å². The molecule has 0 saturated heterocycles. The highest BCUT2D eigenvalue weighted by Crippen LogP contribution is 2.30. The highest BCUT2D eigenvalue weighted by molar-refractivity contribution is 5.89. The minimum absolute atomic E-state index is 0.000273. The van der Waals surface area contributed by atoms with Crippen molar-refractivity contribution in [3.8, 4) is 0 Å². The minimum Gasteiger partial charge on any atom is -0.356 e. The predicted molar refractivity (Wildman–Crippen MR) is 93.0 cm³/mol. The van der Waals surface area contributed by atoms with Crippen molar-refractivity contribution in [2.75, 3.05) is 11.9 Å². The summed E-state index contributed by atoms with van der Waals surface area (Å²) in [5, 5.41) is 13.1. The van der Waals surface area contributed by atoms with E-state index in [1.54, 1.807) is 31.2 Å². The fourth-order valence-corrected chi connectivity index (χ4v) is 2.40. The van der Waals surface area contributed by atoms with E-state index in [1.807, 2.05) is 11.2 Å². The number of para-hydroxylation sites is 1. The van der Waals surface area contributed by atoms with Crippen LogP contribution in [0.4, 0.5) is 23.7 Å². The second-order valence-corrected chi connectivity index (χ2v) is 5.94. The molecule has 146 valence electrons. The van der Waals surface area contributed by atoms with Crippen LogP contribution in [0.3, 0.4) is 0 Å². The van der Waals surface area contributed by atoms with Crippen LogP contribution in [-0.2, 0) is 17.4 Å². The first-order chi connectivity index (χ1) is 12.8. The second-order valence-electron chi connectivity index (χ2n) is 5.94. The monoisotopic (exact) mass is 383 g/mol. The van der Waals surface area contributed by atoms with Crippen LogP contribution >= 0.6 is 0 Å². The molecule has 0 fully saturated rings. The predicted octanol–water partition coefficient (Wildman–Crippen LogP) is 2.69. The van der Waals surface area contributed by atoms with Gasteiger partial charge in [-0.1, -0.05) is 18.2 Å². The first kappa shape index (κ1) is 20.3. The molecule has 27 heavy (non-hydrogen) atoms. The van der Waals surface area contributed by atoms with Gasteiger partial charge in [-0.25, -0.2) is 4.79 Å². The van der Waals surface area contributed by atoms with Crippen LogP contribution in [0.2, 0.25) is 0 Å². The number of anilines is 1. The van der Waals surface area contributed by atoms with Crippen LogP contribution in [0, 0.1) is 0 Å². The molecule has 0 radical (unpaired) electrons. The molecule has 2 rings (SSSR count). The fourth-order valence-electron chi connectivity index (χ4n) is 2.40. The smallest absolute Gasteiger partial charge is 0.356 e. The first-order valence-electron chi connectivity index (χ1n) is 8.24. The third-order valence-corrected chi connectivity index (χ3v) is 3.62. The molecular formula is C17H20F3N5O2. The zero-order valence-corrected chi connectivity index (χ0v) is 14.6. The summed E-state index contributed by atoms with van der Waals surface area (Å²) in [4.78, 5) is 23.7. The Hall–Kier alpha value is -3.04. The van der Waals surface area contributed by atoms with Crippen molar-refractivity contribution < 1.29 is 22.8 Å². The molecule has 1 aromatic carbocycles. The number of urea groups is 1. The molecule has 2 aromatic rings. The third-order valence-electron chi connectivity index (χ3n) is 3.62. The zero-order valence-electron chi connectivity index (χ0n) is 14.6. The largest absolute Gasteiger partial charge is 0.433 e.